The van der Waals surface area contributed by atoms with Gasteiger partial charge in [-0.25, -0.2) is 0 Å². The number of benzene rings is 1. The van der Waals surface area contributed by atoms with Gasteiger partial charge in [0.05, 0.1) is 13.2 Å². The Hall–Kier alpha value is -2.73. The number of likely N-dealkylation sites (N-methyl/N-ethyl adjacent to an activating group) is 1. The Kier molecular flexibility index (Phi) is 7.20. The van der Waals surface area contributed by atoms with Crippen LogP contribution in [0.1, 0.15) is 44.1 Å². The molecule has 1 N–H and O–H groups in total. The minimum atomic E-state index is -1.08. The lowest BCUT2D eigenvalue weighted by Gasteiger charge is -2.42. The third kappa shape index (κ3) is 5.18. The van der Waals surface area contributed by atoms with Gasteiger partial charge in [0.2, 0.25) is 5.91 Å². The standard InChI is InChI=1S/C26H33N3O3/c1-27-25(31)26(18-21-8-5-9-23(16-21)22-10-12-28-13-11-22)19-29(14-15-32-26)24(30)17-20-6-3-2-4-7-20/h5,8-13,16,20H,2-4,6-7,14-15,17-19H2,1H3,(H,27,31). The van der Waals surface area contributed by atoms with E-state index in [1.807, 2.05) is 35.2 Å². The number of ether oxygens (including phenoxy) is 1. The second kappa shape index (κ2) is 10.3. The molecule has 0 spiro atoms. The first-order valence-electron chi connectivity index (χ1n) is 11.7. The van der Waals surface area contributed by atoms with Crippen molar-refractivity contribution < 1.29 is 14.3 Å². The van der Waals surface area contributed by atoms with Gasteiger partial charge < -0.3 is 15.0 Å². The maximum Gasteiger partial charge on any atom is 0.254 e. The molecule has 2 aromatic rings. The average Bonchev–Trinajstić information content (AvgIpc) is 2.85. The number of carbonyl (C=O) groups excluding carboxylic acids is 2. The van der Waals surface area contributed by atoms with Gasteiger partial charge in [0, 0.05) is 38.8 Å². The van der Waals surface area contributed by atoms with Crippen LogP contribution < -0.4 is 5.32 Å². The van der Waals surface area contributed by atoms with Gasteiger partial charge in [0.25, 0.3) is 5.91 Å². The molecule has 1 saturated carbocycles. The number of nitrogens with one attached hydrogen (secondary N) is 1. The molecule has 1 atom stereocenters. The highest BCUT2D eigenvalue weighted by atomic mass is 16.5. The smallest absolute Gasteiger partial charge is 0.254 e. The van der Waals surface area contributed by atoms with Crippen LogP contribution in [-0.2, 0) is 20.7 Å². The highest BCUT2D eigenvalue weighted by Crippen LogP contribution is 2.30. The van der Waals surface area contributed by atoms with Crippen LogP contribution >= 0.6 is 0 Å². The number of aromatic nitrogens is 1. The monoisotopic (exact) mass is 435 g/mol. The third-order valence-electron chi connectivity index (χ3n) is 6.80. The van der Waals surface area contributed by atoms with Crippen LogP contribution in [0.15, 0.2) is 48.8 Å². The zero-order chi connectivity index (χ0) is 22.4. The van der Waals surface area contributed by atoms with Crippen LogP contribution in [0.5, 0.6) is 0 Å². The van der Waals surface area contributed by atoms with E-state index in [4.69, 9.17) is 4.74 Å². The van der Waals surface area contributed by atoms with E-state index in [1.54, 1.807) is 19.4 Å². The molecule has 1 unspecified atom stereocenters. The summed E-state index contributed by atoms with van der Waals surface area (Å²) in [4.78, 5) is 32.0. The van der Waals surface area contributed by atoms with Crippen molar-refractivity contribution in [2.75, 3.05) is 26.7 Å². The van der Waals surface area contributed by atoms with Crippen LogP contribution in [0, 0.1) is 5.92 Å². The van der Waals surface area contributed by atoms with Gasteiger partial charge in [-0.2, -0.15) is 0 Å². The van der Waals surface area contributed by atoms with Crippen LogP contribution in [0.25, 0.3) is 11.1 Å². The van der Waals surface area contributed by atoms with Gasteiger partial charge in [-0.3, -0.25) is 14.6 Å². The first-order chi connectivity index (χ1) is 15.6. The molecule has 1 saturated heterocycles. The van der Waals surface area contributed by atoms with Crippen LogP contribution in [-0.4, -0.2) is 54.0 Å². The maximum atomic E-state index is 13.1. The Balaban J connectivity index is 1.52. The summed E-state index contributed by atoms with van der Waals surface area (Å²) in [6, 6.07) is 12.1. The first-order valence-corrected chi connectivity index (χ1v) is 11.7. The predicted octanol–water partition coefficient (Wildman–Crippen LogP) is 3.61. The lowest BCUT2D eigenvalue weighted by molar-refractivity contribution is -0.166. The Morgan fingerprint density at radius 3 is 2.66 bits per heavy atom. The van der Waals surface area contributed by atoms with Gasteiger partial charge in [0.1, 0.15) is 0 Å². The Morgan fingerprint density at radius 2 is 1.91 bits per heavy atom. The van der Waals surface area contributed by atoms with Crippen LogP contribution in [0.3, 0.4) is 0 Å². The minimum absolute atomic E-state index is 0.152. The molecular weight excluding hydrogens is 402 g/mol. The molecule has 2 amide bonds. The number of carbonyl (C=O) groups is 2. The van der Waals surface area contributed by atoms with Crippen LogP contribution in [0.4, 0.5) is 0 Å². The van der Waals surface area contributed by atoms with E-state index >= 15 is 0 Å². The quantitative estimate of drug-likeness (QED) is 0.753. The SMILES string of the molecule is CNC(=O)C1(Cc2cccc(-c3ccncc3)c2)CN(C(=O)CC2CCCCC2)CCO1. The summed E-state index contributed by atoms with van der Waals surface area (Å²) in [7, 11) is 1.63. The molecule has 2 fully saturated rings. The van der Waals surface area contributed by atoms with E-state index in [0.29, 0.717) is 31.9 Å². The number of pyridine rings is 1. The van der Waals surface area contributed by atoms with Gasteiger partial charge >= 0.3 is 0 Å². The maximum absolute atomic E-state index is 13.1. The van der Waals surface area contributed by atoms with Crippen molar-refractivity contribution in [2.24, 2.45) is 5.92 Å². The number of hydrogen-bond acceptors (Lipinski definition) is 4. The molecule has 0 radical (unpaired) electrons. The molecule has 1 aromatic carbocycles. The summed E-state index contributed by atoms with van der Waals surface area (Å²) >= 11 is 0. The summed E-state index contributed by atoms with van der Waals surface area (Å²) in [5.74, 6) is 0.450. The molecule has 32 heavy (non-hydrogen) atoms. The van der Waals surface area contributed by atoms with Gasteiger partial charge in [-0.05, 0) is 47.6 Å². The summed E-state index contributed by atoms with van der Waals surface area (Å²) < 4.78 is 6.12. The normalized spacial score (nSPS) is 21.8. The van der Waals surface area contributed by atoms with Crippen LogP contribution in [0.2, 0.25) is 0 Å². The highest BCUT2D eigenvalue weighted by Gasteiger charge is 2.44. The van der Waals surface area contributed by atoms with E-state index in [0.717, 1.165) is 29.5 Å². The Bertz CT molecular complexity index is 927. The molecule has 170 valence electrons. The summed E-state index contributed by atoms with van der Waals surface area (Å²) in [5, 5.41) is 2.77. The van der Waals surface area contributed by atoms with Crippen molar-refractivity contribution in [2.45, 2.75) is 50.5 Å². The Morgan fingerprint density at radius 1 is 1.12 bits per heavy atom. The van der Waals surface area contributed by atoms with Crippen molar-refractivity contribution in [3.05, 3.63) is 54.4 Å². The average molecular weight is 436 g/mol. The van der Waals surface area contributed by atoms with Crippen molar-refractivity contribution >= 4 is 11.8 Å². The number of hydrogen-bond donors (Lipinski definition) is 1. The van der Waals surface area contributed by atoms with Gasteiger partial charge in [0.15, 0.2) is 5.60 Å². The molecule has 2 heterocycles. The lowest BCUT2D eigenvalue weighted by Crippen LogP contribution is -2.61. The molecule has 0 bridgehead atoms. The fraction of sp³-hybridized carbons (Fsp3) is 0.500. The molecule has 1 aromatic heterocycles. The zero-order valence-electron chi connectivity index (χ0n) is 18.9. The van der Waals surface area contributed by atoms with Gasteiger partial charge in [-0.1, -0.05) is 43.5 Å². The minimum Gasteiger partial charge on any atom is -0.361 e. The molecule has 2 aliphatic rings. The largest absolute Gasteiger partial charge is 0.361 e. The number of morpholine rings is 1. The summed E-state index contributed by atoms with van der Waals surface area (Å²) in [6.07, 6.45) is 10.5. The molecule has 6 nitrogen and oxygen atoms in total. The second-order valence-corrected chi connectivity index (χ2v) is 9.06. The topological polar surface area (TPSA) is 71.5 Å². The second-order valence-electron chi connectivity index (χ2n) is 9.06. The van der Waals surface area contributed by atoms with Crippen molar-refractivity contribution in [3.63, 3.8) is 0 Å². The van der Waals surface area contributed by atoms with Crippen molar-refractivity contribution in [3.8, 4) is 11.1 Å². The van der Waals surface area contributed by atoms with Crippen molar-refractivity contribution in [1.29, 1.82) is 0 Å². The van der Waals surface area contributed by atoms with Gasteiger partial charge in [-0.15, -0.1) is 0 Å². The molecule has 1 aliphatic heterocycles. The highest BCUT2D eigenvalue weighted by molar-refractivity contribution is 5.87. The van der Waals surface area contributed by atoms with E-state index < -0.39 is 5.60 Å². The number of amides is 2. The summed E-state index contributed by atoms with van der Waals surface area (Å²) in [5.41, 5.74) is 2.07. The number of nitrogens with zero attached hydrogens (tertiary/aromatic N) is 2. The van der Waals surface area contributed by atoms with E-state index in [-0.39, 0.29) is 18.4 Å². The zero-order valence-corrected chi connectivity index (χ0v) is 18.9. The fourth-order valence-corrected chi connectivity index (χ4v) is 5.05. The van der Waals surface area contributed by atoms with E-state index in [9.17, 15) is 9.59 Å². The Labute approximate surface area is 190 Å². The van der Waals surface area contributed by atoms with Crippen molar-refractivity contribution in [1.82, 2.24) is 15.2 Å². The fourth-order valence-electron chi connectivity index (χ4n) is 5.05. The molecule has 1 aliphatic carbocycles. The third-order valence-corrected chi connectivity index (χ3v) is 6.80. The first kappa shape index (κ1) is 22.5. The summed E-state index contributed by atoms with van der Waals surface area (Å²) in [6.45, 7) is 1.20. The molecular formula is C26H33N3O3. The van der Waals surface area contributed by atoms with E-state index in [1.165, 1.54) is 19.3 Å². The van der Waals surface area contributed by atoms with E-state index in [2.05, 4.69) is 16.4 Å². The molecule has 4 rings (SSSR count). The molecule has 6 heteroatoms. The predicted molar refractivity (Wildman–Crippen MR) is 124 cm³/mol. The number of rotatable bonds is 6. The lowest BCUT2D eigenvalue weighted by atomic mass is 9.86.